The molecule has 0 bridgehead atoms. The van der Waals surface area contributed by atoms with Gasteiger partial charge in [0, 0.05) is 36.7 Å². The lowest BCUT2D eigenvalue weighted by molar-refractivity contribution is -0.108. The number of anilines is 2. The zero-order chi connectivity index (χ0) is 25.5. The molecule has 198 valence electrons. The van der Waals surface area contributed by atoms with Gasteiger partial charge in [0.05, 0.1) is 6.67 Å². The molecule has 1 amide bonds. The number of nitrogens with one attached hydrogen (secondary N) is 3. The highest BCUT2D eigenvalue weighted by Gasteiger charge is 2.31. The highest BCUT2D eigenvalue weighted by atomic mass is 32.2. The number of nitrogens with zero attached hydrogens (tertiary/aromatic N) is 5. The third-order valence-electron chi connectivity index (χ3n) is 8.04. The smallest absolute Gasteiger partial charge is 0.212 e. The predicted octanol–water partition coefficient (Wildman–Crippen LogP) is 4.26. The van der Waals surface area contributed by atoms with E-state index in [-0.39, 0.29) is 17.7 Å². The number of rotatable bonds is 11. The monoisotopic (exact) mass is 514 g/mol. The maximum absolute atomic E-state index is 11.0. The van der Waals surface area contributed by atoms with Gasteiger partial charge in [-0.1, -0.05) is 25.7 Å². The van der Waals surface area contributed by atoms with Crippen LogP contribution in [0.25, 0.3) is 0 Å². The van der Waals surface area contributed by atoms with Crippen molar-refractivity contribution in [1.29, 1.82) is 5.41 Å². The molecule has 3 aliphatic rings. The first-order chi connectivity index (χ1) is 17.5. The molecule has 2 aliphatic carbocycles. The van der Waals surface area contributed by atoms with Crippen molar-refractivity contribution in [2.75, 3.05) is 41.5 Å². The summed E-state index contributed by atoms with van der Waals surface area (Å²) < 4.78 is 0. The largest absolute Gasteiger partial charge is 0.365 e. The van der Waals surface area contributed by atoms with E-state index in [1.165, 1.54) is 51.4 Å². The molecule has 3 N–H and O–H groups in total. The Labute approximate surface area is 219 Å². The summed E-state index contributed by atoms with van der Waals surface area (Å²) in [5.74, 6) is 4.68. The lowest BCUT2D eigenvalue weighted by Crippen LogP contribution is -2.48. The van der Waals surface area contributed by atoms with E-state index in [0.717, 1.165) is 37.0 Å². The molecule has 1 aromatic rings. The number of thioether (sulfide) groups is 1. The van der Waals surface area contributed by atoms with Gasteiger partial charge >= 0.3 is 0 Å². The van der Waals surface area contributed by atoms with Crippen LogP contribution in [0.5, 0.6) is 0 Å². The minimum atomic E-state index is -0.138. The zero-order valence-electron chi connectivity index (χ0n) is 21.8. The Bertz CT molecular complexity index is 917. The second-order valence-electron chi connectivity index (χ2n) is 10.6. The molecule has 2 atom stereocenters. The quantitative estimate of drug-likeness (QED) is 0.230. The maximum atomic E-state index is 11.0. The average Bonchev–Trinajstić information content (AvgIpc) is 2.84. The van der Waals surface area contributed by atoms with Crippen LogP contribution in [0.4, 0.5) is 17.3 Å². The summed E-state index contributed by atoms with van der Waals surface area (Å²) in [4.78, 5) is 29.7. The van der Waals surface area contributed by atoms with Gasteiger partial charge in [-0.3, -0.25) is 15.1 Å². The van der Waals surface area contributed by atoms with Crippen molar-refractivity contribution in [3.8, 4) is 0 Å². The van der Waals surface area contributed by atoms with Gasteiger partial charge in [0.15, 0.2) is 23.3 Å². The number of hydrogen-bond acceptors (Lipinski definition) is 9. The van der Waals surface area contributed by atoms with Crippen LogP contribution in [0.15, 0.2) is 4.99 Å². The first-order valence-electron chi connectivity index (χ1n) is 13.5. The summed E-state index contributed by atoms with van der Waals surface area (Å²) >= 11 is 2.02. The highest BCUT2D eigenvalue weighted by Crippen LogP contribution is 2.39. The Morgan fingerprint density at radius 2 is 2.06 bits per heavy atom. The van der Waals surface area contributed by atoms with Crippen LogP contribution < -0.4 is 15.5 Å². The Morgan fingerprint density at radius 3 is 2.69 bits per heavy atom. The van der Waals surface area contributed by atoms with E-state index in [1.54, 1.807) is 0 Å². The van der Waals surface area contributed by atoms with Gasteiger partial charge < -0.3 is 15.5 Å². The van der Waals surface area contributed by atoms with Gasteiger partial charge in [-0.15, -0.1) is 0 Å². The summed E-state index contributed by atoms with van der Waals surface area (Å²) in [6, 6.07) is 0.737. The third-order valence-corrected chi connectivity index (χ3v) is 9.23. The van der Waals surface area contributed by atoms with Crippen LogP contribution in [-0.2, 0) is 4.79 Å². The minimum absolute atomic E-state index is 0.138. The van der Waals surface area contributed by atoms with Crippen LogP contribution >= 0.6 is 11.8 Å². The SMILES string of the molecule is C=Nc1nc(C(=N)NC=O)nc(N[C@H](C)C2CCC2)c1N(CC1CCCCC1)CN1CCSCC1C. The Hall–Kier alpha value is -2.20. The molecule has 0 radical (unpaired) electrons. The van der Waals surface area contributed by atoms with Gasteiger partial charge in [0.25, 0.3) is 0 Å². The van der Waals surface area contributed by atoms with E-state index in [0.29, 0.717) is 35.9 Å². The van der Waals surface area contributed by atoms with E-state index >= 15 is 0 Å². The first kappa shape index (κ1) is 26.9. The zero-order valence-corrected chi connectivity index (χ0v) is 22.7. The summed E-state index contributed by atoms with van der Waals surface area (Å²) in [6.45, 7) is 11.1. The van der Waals surface area contributed by atoms with E-state index in [1.807, 2.05) is 11.8 Å². The van der Waals surface area contributed by atoms with Crippen LogP contribution in [0.1, 0.15) is 71.0 Å². The van der Waals surface area contributed by atoms with Crippen molar-refractivity contribution < 1.29 is 4.79 Å². The van der Waals surface area contributed by atoms with Gasteiger partial charge in [-0.2, -0.15) is 11.8 Å². The molecule has 0 aromatic carbocycles. The molecule has 1 unspecified atom stereocenters. The first-order valence-corrected chi connectivity index (χ1v) is 14.7. The van der Waals surface area contributed by atoms with E-state index in [2.05, 4.69) is 51.0 Å². The molecule has 4 rings (SSSR count). The molecule has 1 saturated heterocycles. The fourth-order valence-electron chi connectivity index (χ4n) is 5.55. The molecule has 3 fully saturated rings. The lowest BCUT2D eigenvalue weighted by atomic mass is 9.80. The third kappa shape index (κ3) is 6.56. The van der Waals surface area contributed by atoms with Crippen molar-refractivity contribution in [3.05, 3.63) is 5.82 Å². The fourth-order valence-corrected chi connectivity index (χ4v) is 6.63. The van der Waals surface area contributed by atoms with Crippen LogP contribution in [0, 0.1) is 17.2 Å². The van der Waals surface area contributed by atoms with Crippen LogP contribution in [-0.4, -0.2) is 77.2 Å². The van der Waals surface area contributed by atoms with Crippen LogP contribution in [0.2, 0.25) is 0 Å². The Kier molecular flexibility index (Phi) is 9.59. The standard InChI is InChI=1S/C26H42N8OS/c1-18-15-36-13-12-33(18)17-34(14-20-8-5-4-6-9-20)22-24(28-3)31-26(23(27)29-16-35)32-25(22)30-19(2)21-10-7-11-21/h16,18-21H,3-15,17H2,1-2H3,(H2,27,29,35)(H,30,31,32)/t18?,19-/m1/s1. The van der Waals surface area contributed by atoms with Crippen molar-refractivity contribution in [2.45, 2.75) is 77.3 Å². The number of carbonyl (C=O) groups excluding carboxylic acids is 1. The Balaban J connectivity index is 1.73. The highest BCUT2D eigenvalue weighted by molar-refractivity contribution is 7.99. The number of amides is 1. The van der Waals surface area contributed by atoms with Crippen molar-refractivity contribution >= 4 is 48.0 Å². The van der Waals surface area contributed by atoms with E-state index in [4.69, 9.17) is 10.4 Å². The average molecular weight is 515 g/mol. The second-order valence-corrected chi connectivity index (χ2v) is 11.7. The summed E-state index contributed by atoms with van der Waals surface area (Å²) in [7, 11) is 0. The molecule has 10 heteroatoms. The van der Waals surface area contributed by atoms with Gasteiger partial charge in [0.1, 0.15) is 5.69 Å². The summed E-state index contributed by atoms with van der Waals surface area (Å²) in [5.41, 5.74) is 0.870. The van der Waals surface area contributed by atoms with Gasteiger partial charge in [-0.05, 0) is 58.1 Å². The molecular formula is C26H42N8OS. The van der Waals surface area contributed by atoms with Gasteiger partial charge in [-0.25, -0.2) is 15.0 Å². The van der Waals surface area contributed by atoms with Crippen molar-refractivity contribution in [1.82, 2.24) is 20.2 Å². The van der Waals surface area contributed by atoms with Crippen LogP contribution in [0.3, 0.4) is 0 Å². The molecule has 2 heterocycles. The second kappa shape index (κ2) is 12.9. The molecule has 36 heavy (non-hydrogen) atoms. The predicted molar refractivity (Wildman–Crippen MR) is 150 cm³/mol. The molecule has 1 aromatic heterocycles. The normalized spacial score (nSPS) is 22.3. The van der Waals surface area contributed by atoms with Crippen molar-refractivity contribution in [3.63, 3.8) is 0 Å². The number of hydrogen-bond donors (Lipinski definition) is 3. The number of aliphatic imine (C=N–C) groups is 1. The molecule has 0 spiro atoms. The topological polar surface area (TPSA) is 110 Å². The Morgan fingerprint density at radius 1 is 1.28 bits per heavy atom. The number of amidine groups is 1. The fraction of sp³-hybridized carbons (Fsp3) is 0.731. The lowest BCUT2D eigenvalue weighted by Gasteiger charge is -2.41. The van der Waals surface area contributed by atoms with Gasteiger partial charge in [0.2, 0.25) is 6.41 Å². The van der Waals surface area contributed by atoms with Crippen molar-refractivity contribution in [2.24, 2.45) is 16.8 Å². The van der Waals surface area contributed by atoms with E-state index in [9.17, 15) is 4.79 Å². The van der Waals surface area contributed by atoms with E-state index < -0.39 is 0 Å². The minimum Gasteiger partial charge on any atom is -0.365 e. The molecule has 2 saturated carbocycles. The summed E-state index contributed by atoms with van der Waals surface area (Å²) in [5, 5.41) is 14.3. The molecule has 9 nitrogen and oxygen atoms in total. The molecule has 1 aliphatic heterocycles. The number of aromatic nitrogens is 2. The summed E-state index contributed by atoms with van der Waals surface area (Å²) in [6.07, 6.45) is 10.6. The molecular weight excluding hydrogens is 472 g/mol. The number of carbonyl (C=O) groups is 1. The maximum Gasteiger partial charge on any atom is 0.212 e.